The first kappa shape index (κ1) is 11.2. The number of benzene rings is 1. The number of aliphatic hydroxyl groups excluding tert-OH is 1. The van der Waals surface area contributed by atoms with Gasteiger partial charge < -0.3 is 5.11 Å². The molecule has 0 fully saturated rings. The number of hydrogen-bond donors (Lipinski definition) is 1. The van der Waals surface area contributed by atoms with Crippen LogP contribution in [0.4, 0.5) is 5.69 Å². The van der Waals surface area contributed by atoms with Gasteiger partial charge in [-0.3, -0.25) is 4.79 Å². The van der Waals surface area contributed by atoms with Gasteiger partial charge in [0.25, 0.3) is 0 Å². The van der Waals surface area contributed by atoms with Crippen molar-refractivity contribution in [3.63, 3.8) is 0 Å². The molecule has 0 aromatic heterocycles. The molecule has 0 unspecified atom stereocenters. The number of carbonyl (C=O) groups excluding carboxylic acids is 1. The Morgan fingerprint density at radius 3 is 2.87 bits per heavy atom. The number of ketones is 1. The highest BCUT2D eigenvalue weighted by Crippen LogP contribution is 2.22. The third-order valence-electron chi connectivity index (χ3n) is 1.89. The normalized spacial score (nSPS) is 10.2. The van der Waals surface area contributed by atoms with Crippen LogP contribution in [-0.4, -0.2) is 10.9 Å². The molecule has 0 aliphatic carbocycles. The lowest BCUT2D eigenvalue weighted by atomic mass is 10.1. The van der Waals surface area contributed by atoms with Gasteiger partial charge in [-0.05, 0) is 24.1 Å². The summed E-state index contributed by atoms with van der Waals surface area (Å²) < 4.78 is 0. The summed E-state index contributed by atoms with van der Waals surface area (Å²) >= 11 is 0. The van der Waals surface area contributed by atoms with Crippen LogP contribution < -0.4 is 0 Å². The molecule has 1 aromatic carbocycles. The third-order valence-corrected chi connectivity index (χ3v) is 1.89. The van der Waals surface area contributed by atoms with Gasteiger partial charge >= 0.3 is 0 Å². The van der Waals surface area contributed by atoms with E-state index in [1.54, 1.807) is 24.3 Å². The van der Waals surface area contributed by atoms with Crippen molar-refractivity contribution in [3.8, 4) is 0 Å². The zero-order chi connectivity index (χ0) is 11.3. The van der Waals surface area contributed by atoms with Crippen molar-refractivity contribution < 1.29 is 9.90 Å². The van der Waals surface area contributed by atoms with Crippen molar-refractivity contribution in [2.24, 2.45) is 0 Å². The van der Waals surface area contributed by atoms with Gasteiger partial charge in [-0.15, -0.1) is 0 Å². The second-order valence-corrected chi connectivity index (χ2v) is 3.11. The molecule has 0 spiro atoms. The largest absolute Gasteiger partial charge is 0.392 e. The number of rotatable bonds is 3. The fourth-order valence-corrected chi connectivity index (χ4v) is 1.14. The first-order chi connectivity index (χ1) is 7.17. The molecule has 3 nitrogen and oxygen atoms in total. The first-order valence-electron chi connectivity index (χ1n) is 4.47. The monoisotopic (exact) mass is 201 g/mol. The molecule has 0 radical (unpaired) electrons. The van der Waals surface area contributed by atoms with Crippen molar-refractivity contribution in [3.05, 3.63) is 46.8 Å². The zero-order valence-electron chi connectivity index (χ0n) is 8.40. The predicted octanol–water partition coefficient (Wildman–Crippen LogP) is 2.33. The number of nitrogens with zero attached hydrogens (tertiary/aromatic N) is 1. The van der Waals surface area contributed by atoms with E-state index < -0.39 is 0 Å². The van der Waals surface area contributed by atoms with E-state index in [-0.39, 0.29) is 12.4 Å². The molecule has 1 N–H and O–H groups in total. The fourth-order valence-electron chi connectivity index (χ4n) is 1.14. The van der Waals surface area contributed by atoms with Gasteiger partial charge in [0.15, 0.2) is 11.5 Å². The Kier molecular flexibility index (Phi) is 3.78. The van der Waals surface area contributed by atoms with Gasteiger partial charge in [0.1, 0.15) is 0 Å². The smallest absolute Gasteiger partial charge is 0.194 e. The third kappa shape index (κ3) is 3.04. The summed E-state index contributed by atoms with van der Waals surface area (Å²) in [5.41, 5.74) is 1.86. The van der Waals surface area contributed by atoms with E-state index in [0.29, 0.717) is 11.3 Å². The Labute approximate surface area is 88.5 Å². The summed E-state index contributed by atoms with van der Waals surface area (Å²) in [4.78, 5) is 14.1. The Bertz CT molecular complexity index is 441. The molecular formula is C12H11NO2. The Morgan fingerprint density at radius 2 is 2.33 bits per heavy atom. The van der Waals surface area contributed by atoms with Crippen molar-refractivity contribution in [2.45, 2.75) is 13.5 Å². The lowest BCUT2D eigenvalue weighted by molar-refractivity contribution is -0.112. The van der Waals surface area contributed by atoms with E-state index >= 15 is 0 Å². The van der Waals surface area contributed by atoms with Crippen LogP contribution >= 0.6 is 0 Å². The second kappa shape index (κ2) is 5.08. The average molecular weight is 201 g/mol. The van der Waals surface area contributed by atoms with Gasteiger partial charge in [0.05, 0.1) is 13.2 Å². The van der Waals surface area contributed by atoms with Crippen LogP contribution in [0.25, 0.3) is 10.9 Å². The molecule has 0 aliphatic heterocycles. The molecule has 0 aliphatic rings. The molecule has 3 heteroatoms. The van der Waals surface area contributed by atoms with Gasteiger partial charge in [-0.2, -0.15) is 0 Å². The number of hydrogen-bond acceptors (Lipinski definition) is 2. The number of allylic oxidation sites excluding steroid dienone is 1. The lowest BCUT2D eigenvalue weighted by Gasteiger charge is -2.01. The quantitative estimate of drug-likeness (QED) is 0.602. The van der Waals surface area contributed by atoms with E-state index in [1.807, 2.05) is 0 Å². The Hall–Kier alpha value is -1.92. The molecule has 0 heterocycles. The molecule has 15 heavy (non-hydrogen) atoms. The summed E-state index contributed by atoms with van der Waals surface area (Å²) in [7, 11) is 0. The van der Waals surface area contributed by atoms with Crippen LogP contribution in [0.1, 0.15) is 18.1 Å². The van der Waals surface area contributed by atoms with Gasteiger partial charge in [0.2, 0.25) is 0 Å². The van der Waals surface area contributed by atoms with Crippen molar-refractivity contribution in [1.82, 2.24) is 0 Å². The molecule has 0 bridgehead atoms. The maximum atomic E-state index is 10.8. The molecule has 0 amide bonds. The molecule has 0 saturated heterocycles. The first-order valence-corrected chi connectivity index (χ1v) is 4.47. The van der Waals surface area contributed by atoms with Crippen LogP contribution in [0.15, 0.2) is 24.3 Å². The minimum Gasteiger partial charge on any atom is -0.392 e. The highest BCUT2D eigenvalue weighted by molar-refractivity contribution is 5.92. The summed E-state index contributed by atoms with van der Waals surface area (Å²) in [5, 5.41) is 8.93. The second-order valence-electron chi connectivity index (χ2n) is 3.11. The Balaban J connectivity index is 3.13. The van der Waals surface area contributed by atoms with Crippen LogP contribution in [0.3, 0.4) is 0 Å². The highest BCUT2D eigenvalue weighted by atomic mass is 16.3. The summed E-state index contributed by atoms with van der Waals surface area (Å²) in [6.07, 6.45) is 3.00. The van der Waals surface area contributed by atoms with Crippen molar-refractivity contribution in [1.29, 1.82) is 0 Å². The van der Waals surface area contributed by atoms with Gasteiger partial charge in [-0.25, -0.2) is 4.85 Å². The highest BCUT2D eigenvalue weighted by Gasteiger charge is 2.00. The molecule has 0 saturated carbocycles. The summed E-state index contributed by atoms with van der Waals surface area (Å²) in [5.74, 6) is -0.0691. The summed E-state index contributed by atoms with van der Waals surface area (Å²) in [6.45, 7) is 8.32. The van der Waals surface area contributed by atoms with Crippen molar-refractivity contribution in [2.75, 3.05) is 0 Å². The molecule has 0 atom stereocenters. The minimum atomic E-state index is -0.0702. The standard InChI is InChI=1S/C12H11NO2/c1-9(15)3-5-11-7-10(8-14)4-6-12(11)13-2/h3-7,14H,8H2,1H3. The number of carbonyl (C=O) groups is 1. The number of aliphatic hydroxyl groups is 1. The van der Waals surface area contributed by atoms with E-state index in [2.05, 4.69) is 4.85 Å². The minimum absolute atomic E-state index is 0.0691. The van der Waals surface area contributed by atoms with Crippen LogP contribution in [0.5, 0.6) is 0 Å². The molecule has 1 aromatic rings. The van der Waals surface area contributed by atoms with E-state index in [0.717, 1.165) is 5.56 Å². The predicted molar refractivity (Wildman–Crippen MR) is 58.3 cm³/mol. The molecular weight excluding hydrogens is 190 g/mol. The van der Waals surface area contributed by atoms with Gasteiger partial charge in [-0.1, -0.05) is 24.3 Å². The maximum Gasteiger partial charge on any atom is 0.194 e. The summed E-state index contributed by atoms with van der Waals surface area (Å²) in [6, 6.07) is 5.03. The Morgan fingerprint density at radius 1 is 1.60 bits per heavy atom. The van der Waals surface area contributed by atoms with Crippen LogP contribution in [-0.2, 0) is 11.4 Å². The zero-order valence-corrected chi connectivity index (χ0v) is 8.40. The van der Waals surface area contributed by atoms with Crippen LogP contribution in [0.2, 0.25) is 0 Å². The fraction of sp³-hybridized carbons (Fsp3) is 0.167. The average Bonchev–Trinajstić information content (AvgIpc) is 2.25. The lowest BCUT2D eigenvalue weighted by Crippen LogP contribution is -1.85. The van der Waals surface area contributed by atoms with Crippen molar-refractivity contribution >= 4 is 17.5 Å². The van der Waals surface area contributed by atoms with E-state index in [1.165, 1.54) is 13.0 Å². The SMILES string of the molecule is [C-]#[N+]c1ccc(CO)cc1C=CC(C)=O. The molecule has 76 valence electrons. The van der Waals surface area contributed by atoms with Gasteiger partial charge in [0, 0.05) is 0 Å². The van der Waals surface area contributed by atoms with Crippen LogP contribution in [0, 0.1) is 6.57 Å². The molecule has 1 rings (SSSR count). The van der Waals surface area contributed by atoms with E-state index in [4.69, 9.17) is 11.7 Å². The topological polar surface area (TPSA) is 41.7 Å². The maximum absolute atomic E-state index is 10.8. The van der Waals surface area contributed by atoms with E-state index in [9.17, 15) is 4.79 Å².